The number of amides is 1. The molecule has 37 heavy (non-hydrogen) atoms. The Morgan fingerprint density at radius 1 is 1.00 bits per heavy atom. The Morgan fingerprint density at radius 2 is 1.59 bits per heavy atom. The van der Waals surface area contributed by atoms with Crippen LogP contribution in [0.4, 0.5) is 11.4 Å². The molecule has 0 atom stereocenters. The van der Waals surface area contributed by atoms with Gasteiger partial charge in [-0.05, 0) is 70.3 Å². The molecule has 2 aliphatic rings. The molecule has 1 amide bonds. The van der Waals surface area contributed by atoms with E-state index in [0.717, 1.165) is 38.2 Å². The van der Waals surface area contributed by atoms with Crippen molar-refractivity contribution in [3.63, 3.8) is 0 Å². The molecular weight excluding hydrogens is 497 g/mol. The van der Waals surface area contributed by atoms with Crippen LogP contribution in [0.1, 0.15) is 70.2 Å². The van der Waals surface area contributed by atoms with Gasteiger partial charge in [-0.1, -0.05) is 31.4 Å². The molecule has 1 aliphatic carbocycles. The van der Waals surface area contributed by atoms with E-state index in [1.165, 1.54) is 24.3 Å². The van der Waals surface area contributed by atoms with Crippen molar-refractivity contribution < 1.29 is 27.4 Å². The Kier molecular flexibility index (Phi) is 7.37. The molecule has 198 valence electrons. The van der Waals surface area contributed by atoms with Crippen LogP contribution < -0.4 is 15.5 Å². The maximum Gasteiger partial charge on any atom is 0.494 e. The number of rotatable bonds is 7. The van der Waals surface area contributed by atoms with Crippen LogP contribution in [0.3, 0.4) is 0 Å². The summed E-state index contributed by atoms with van der Waals surface area (Å²) in [5.74, 6) is -0.854. The summed E-state index contributed by atoms with van der Waals surface area (Å²) in [5, 5.41) is 14.8. The highest BCUT2D eigenvalue weighted by Gasteiger charge is 2.51. The summed E-state index contributed by atoms with van der Waals surface area (Å²) in [6, 6.07) is 9.95. The summed E-state index contributed by atoms with van der Waals surface area (Å²) in [4.78, 5) is 23.4. The largest absolute Gasteiger partial charge is 0.494 e. The fourth-order valence-corrected chi connectivity index (χ4v) is 5.42. The first-order valence-corrected chi connectivity index (χ1v) is 13.9. The average molecular weight is 529 g/mol. The first-order valence-electron chi connectivity index (χ1n) is 12.4. The zero-order valence-corrected chi connectivity index (χ0v) is 22.3. The number of nitrogens with zero attached hydrogens (tertiary/aromatic N) is 1. The maximum absolute atomic E-state index is 12.9. The van der Waals surface area contributed by atoms with E-state index in [2.05, 4.69) is 5.32 Å². The van der Waals surface area contributed by atoms with Gasteiger partial charge < -0.3 is 14.6 Å². The number of hydrogen-bond acceptors (Lipinski definition) is 8. The van der Waals surface area contributed by atoms with Crippen LogP contribution >= 0.6 is 0 Å². The minimum Gasteiger partial charge on any atom is -0.399 e. The minimum atomic E-state index is -4.35. The second kappa shape index (κ2) is 10.1. The first kappa shape index (κ1) is 27.1. The fraction of sp³-hybridized carbons (Fsp3) is 0.480. The smallest absolute Gasteiger partial charge is 0.399 e. The Morgan fingerprint density at radius 3 is 2.16 bits per heavy atom. The number of hydrogen-bond donors (Lipinski definition) is 2. The van der Waals surface area contributed by atoms with Crippen LogP contribution in [0.5, 0.6) is 0 Å². The Bertz CT molecular complexity index is 1270. The molecule has 1 saturated carbocycles. The topological polar surface area (TPSA) is 137 Å². The normalized spacial score (nSPS) is 19.4. The molecule has 4 rings (SSSR count). The zero-order chi connectivity index (χ0) is 27.0. The van der Waals surface area contributed by atoms with Gasteiger partial charge in [-0.3, -0.25) is 14.9 Å². The summed E-state index contributed by atoms with van der Waals surface area (Å²) in [7, 11) is -4.97. The highest BCUT2D eigenvalue weighted by Crippen LogP contribution is 2.36. The Balaban J connectivity index is 1.47. The van der Waals surface area contributed by atoms with Crippen molar-refractivity contribution in [1.29, 1.82) is 0 Å². The summed E-state index contributed by atoms with van der Waals surface area (Å²) in [6.07, 6.45) is 5.03. The van der Waals surface area contributed by atoms with Crippen molar-refractivity contribution in [2.75, 3.05) is 5.32 Å². The van der Waals surface area contributed by atoms with Gasteiger partial charge in [0.25, 0.3) is 21.6 Å². The van der Waals surface area contributed by atoms with E-state index in [1.54, 1.807) is 12.1 Å². The minimum absolute atomic E-state index is 0.105. The van der Waals surface area contributed by atoms with Crippen molar-refractivity contribution in [2.45, 2.75) is 81.9 Å². The van der Waals surface area contributed by atoms with Crippen LogP contribution in [0.2, 0.25) is 0 Å². The van der Waals surface area contributed by atoms with Crippen molar-refractivity contribution in [1.82, 2.24) is 4.72 Å². The summed E-state index contributed by atoms with van der Waals surface area (Å²) in [5.41, 5.74) is -0.339. The molecule has 2 fully saturated rings. The number of carbonyl (C=O) groups is 1. The highest BCUT2D eigenvalue weighted by molar-refractivity contribution is 7.90. The van der Waals surface area contributed by atoms with Crippen LogP contribution in [-0.4, -0.2) is 43.6 Å². The third kappa shape index (κ3) is 5.81. The van der Waals surface area contributed by atoms with Crippen molar-refractivity contribution in [3.05, 3.63) is 58.1 Å². The van der Waals surface area contributed by atoms with Crippen LogP contribution in [0.25, 0.3) is 0 Å². The van der Waals surface area contributed by atoms with E-state index in [-0.39, 0.29) is 27.9 Å². The molecule has 12 heteroatoms. The fourth-order valence-electron chi connectivity index (χ4n) is 4.43. The lowest BCUT2D eigenvalue weighted by Gasteiger charge is -2.32. The van der Waals surface area contributed by atoms with E-state index >= 15 is 0 Å². The number of benzene rings is 2. The molecule has 0 aromatic heterocycles. The van der Waals surface area contributed by atoms with E-state index in [4.69, 9.17) is 9.31 Å². The number of nitro groups is 1. The summed E-state index contributed by atoms with van der Waals surface area (Å²) in [6.45, 7) is 7.73. The highest BCUT2D eigenvalue weighted by atomic mass is 32.2. The van der Waals surface area contributed by atoms with E-state index < -0.39 is 39.2 Å². The second-order valence-electron chi connectivity index (χ2n) is 10.6. The standard InChI is InChI=1S/C25H32BN3O7S/c1-24(2)25(3,4)36-26(35-24)18-12-10-17(11-13-18)23(30)28-37(33,34)20-14-15-21(22(16-20)29(31)32)27-19-8-6-5-7-9-19/h10-16,19,27H,5-9H2,1-4H3,(H,28,30). The second-order valence-corrected chi connectivity index (χ2v) is 12.2. The molecule has 0 radical (unpaired) electrons. The van der Waals surface area contributed by atoms with Crippen LogP contribution in [0, 0.1) is 10.1 Å². The monoisotopic (exact) mass is 529 g/mol. The Hall–Kier alpha value is -2.96. The first-order chi connectivity index (χ1) is 17.3. The summed E-state index contributed by atoms with van der Waals surface area (Å²) >= 11 is 0. The van der Waals surface area contributed by atoms with E-state index in [0.29, 0.717) is 5.46 Å². The molecule has 2 aromatic carbocycles. The molecule has 0 bridgehead atoms. The molecule has 2 N–H and O–H groups in total. The molecule has 1 heterocycles. The van der Waals surface area contributed by atoms with Crippen LogP contribution in [-0.2, 0) is 19.3 Å². The van der Waals surface area contributed by atoms with Gasteiger partial charge in [-0.2, -0.15) is 0 Å². The number of anilines is 1. The van der Waals surface area contributed by atoms with Gasteiger partial charge in [0, 0.05) is 17.7 Å². The lowest BCUT2D eigenvalue weighted by Crippen LogP contribution is -2.41. The van der Waals surface area contributed by atoms with Crippen molar-refractivity contribution in [2.24, 2.45) is 0 Å². The molecule has 1 aliphatic heterocycles. The molecule has 0 unspecified atom stereocenters. The number of sulfonamides is 1. The predicted octanol–water partition coefficient (Wildman–Crippen LogP) is 3.76. The van der Waals surface area contributed by atoms with Gasteiger partial charge >= 0.3 is 7.12 Å². The number of carbonyl (C=O) groups excluding carboxylic acids is 1. The quantitative estimate of drug-likeness (QED) is 0.314. The molecule has 2 aromatic rings. The molecular formula is C25H32BN3O7S. The van der Waals surface area contributed by atoms with Crippen molar-refractivity contribution >= 4 is 39.9 Å². The number of nitrogens with one attached hydrogen (secondary N) is 2. The van der Waals surface area contributed by atoms with E-state index in [9.17, 15) is 23.3 Å². The molecule has 0 spiro atoms. The van der Waals surface area contributed by atoms with Gasteiger partial charge in [0.2, 0.25) is 0 Å². The third-order valence-electron chi connectivity index (χ3n) is 7.37. The SMILES string of the molecule is CC1(C)OB(c2ccc(C(=O)NS(=O)(=O)c3ccc(NC4CCCCC4)c([N+](=O)[O-])c3)cc2)OC1(C)C. The molecule has 1 saturated heterocycles. The van der Waals surface area contributed by atoms with Gasteiger partial charge in [0.15, 0.2) is 0 Å². The summed E-state index contributed by atoms with van der Waals surface area (Å²) < 4.78 is 39.8. The zero-order valence-electron chi connectivity index (χ0n) is 21.4. The van der Waals surface area contributed by atoms with Gasteiger partial charge in [-0.15, -0.1) is 0 Å². The maximum atomic E-state index is 12.9. The Labute approximate surface area is 217 Å². The average Bonchev–Trinajstić information content (AvgIpc) is 3.06. The van der Waals surface area contributed by atoms with Gasteiger partial charge in [0.1, 0.15) is 5.69 Å². The lowest BCUT2D eigenvalue weighted by atomic mass is 9.79. The van der Waals surface area contributed by atoms with Crippen LogP contribution in [0.15, 0.2) is 47.4 Å². The third-order valence-corrected chi connectivity index (χ3v) is 8.70. The predicted molar refractivity (Wildman–Crippen MR) is 140 cm³/mol. The van der Waals surface area contributed by atoms with Crippen molar-refractivity contribution in [3.8, 4) is 0 Å². The van der Waals surface area contributed by atoms with Gasteiger partial charge in [-0.25, -0.2) is 13.1 Å². The lowest BCUT2D eigenvalue weighted by molar-refractivity contribution is -0.384. The number of nitro benzene ring substituents is 1. The van der Waals surface area contributed by atoms with E-state index in [1.807, 2.05) is 32.4 Å². The molecule has 10 nitrogen and oxygen atoms in total. The van der Waals surface area contributed by atoms with Gasteiger partial charge in [0.05, 0.1) is 21.0 Å².